The van der Waals surface area contributed by atoms with Crippen LogP contribution in [-0.2, 0) is 28.6 Å². The van der Waals surface area contributed by atoms with Gasteiger partial charge in [-0.3, -0.25) is 14.4 Å². The molecule has 0 radical (unpaired) electrons. The molecule has 74 heavy (non-hydrogen) atoms. The smallest absolute Gasteiger partial charge is 0.306 e. The molecule has 0 fully saturated rings. The lowest BCUT2D eigenvalue weighted by molar-refractivity contribution is -0.167. The van der Waals surface area contributed by atoms with E-state index in [1.807, 2.05) is 0 Å². The van der Waals surface area contributed by atoms with E-state index >= 15 is 0 Å². The Morgan fingerprint density at radius 3 is 0.824 bits per heavy atom. The molecule has 0 aliphatic heterocycles. The van der Waals surface area contributed by atoms with Crippen LogP contribution in [0.1, 0.15) is 297 Å². The monoisotopic (exact) mass is 1030 g/mol. The predicted octanol–water partition coefficient (Wildman–Crippen LogP) is 21.3. The van der Waals surface area contributed by atoms with Crippen molar-refractivity contribution in [2.24, 2.45) is 0 Å². The molecule has 0 saturated heterocycles. The SMILES string of the molecule is CC/C=C\C/C=C\C/C=C\C/C=C\C/C=C\C/C=C\C/C=C\C/C=C\CCCCCCCCCCCCC(=O)OCC(COC(=O)CCCCCCC)OC(=O)CCCCCCCCCCCCCCCCCC. The first-order chi connectivity index (χ1) is 36.5. The number of esters is 3. The molecule has 0 N–H and O–H groups in total. The van der Waals surface area contributed by atoms with E-state index in [0.29, 0.717) is 19.3 Å². The summed E-state index contributed by atoms with van der Waals surface area (Å²) in [5.41, 5.74) is 0. The second-order valence-electron chi connectivity index (χ2n) is 20.6. The fourth-order valence-corrected chi connectivity index (χ4v) is 8.69. The Morgan fingerprint density at radius 2 is 0.527 bits per heavy atom. The number of hydrogen-bond acceptors (Lipinski definition) is 6. The summed E-state index contributed by atoms with van der Waals surface area (Å²) >= 11 is 0. The zero-order chi connectivity index (χ0) is 53.6. The molecule has 0 saturated carbocycles. The van der Waals surface area contributed by atoms with Crippen molar-refractivity contribution >= 4 is 17.9 Å². The highest BCUT2D eigenvalue weighted by Gasteiger charge is 2.19. The van der Waals surface area contributed by atoms with Gasteiger partial charge >= 0.3 is 17.9 Å². The van der Waals surface area contributed by atoms with Crippen LogP contribution < -0.4 is 0 Å². The van der Waals surface area contributed by atoms with Gasteiger partial charge in [-0.25, -0.2) is 0 Å². The number of ether oxygens (including phenoxy) is 3. The molecule has 6 heteroatoms. The molecule has 424 valence electrons. The Kier molecular flexibility index (Phi) is 58.8. The second-order valence-corrected chi connectivity index (χ2v) is 20.6. The first kappa shape index (κ1) is 70.3. The highest BCUT2D eigenvalue weighted by atomic mass is 16.6. The first-order valence-corrected chi connectivity index (χ1v) is 31.2. The predicted molar refractivity (Wildman–Crippen MR) is 320 cm³/mol. The van der Waals surface area contributed by atoms with Gasteiger partial charge in [0, 0.05) is 19.3 Å². The van der Waals surface area contributed by atoms with Crippen LogP contribution in [0.2, 0.25) is 0 Å². The number of carbonyl (C=O) groups excluding carboxylic acids is 3. The molecule has 0 aromatic rings. The molecule has 0 aliphatic carbocycles. The number of hydrogen-bond donors (Lipinski definition) is 0. The molecule has 0 aliphatic rings. The summed E-state index contributed by atoms with van der Waals surface area (Å²) in [6.45, 7) is 6.46. The Balaban J connectivity index is 4.01. The van der Waals surface area contributed by atoms with Crippen molar-refractivity contribution in [2.45, 2.75) is 303 Å². The fourth-order valence-electron chi connectivity index (χ4n) is 8.69. The lowest BCUT2D eigenvalue weighted by Crippen LogP contribution is -2.30. The van der Waals surface area contributed by atoms with E-state index in [2.05, 4.69) is 118 Å². The van der Waals surface area contributed by atoms with Crippen LogP contribution in [0.15, 0.2) is 97.2 Å². The molecule has 0 aromatic carbocycles. The number of carbonyl (C=O) groups is 3. The van der Waals surface area contributed by atoms with Gasteiger partial charge in [-0.15, -0.1) is 0 Å². The minimum atomic E-state index is -0.772. The van der Waals surface area contributed by atoms with Gasteiger partial charge < -0.3 is 14.2 Å². The molecule has 0 aromatic heterocycles. The number of allylic oxidation sites excluding steroid dienone is 16. The Bertz CT molecular complexity index is 1460. The Hall–Kier alpha value is -3.67. The van der Waals surface area contributed by atoms with Crippen molar-refractivity contribution in [3.8, 4) is 0 Å². The molecule has 0 amide bonds. The van der Waals surface area contributed by atoms with E-state index in [1.54, 1.807) is 0 Å². The standard InChI is InChI=1S/C68H116O6/c1-4-7-10-13-15-17-19-21-23-25-26-27-28-29-30-31-32-33-34-35-36-37-38-39-40-41-42-43-45-46-48-50-52-55-58-61-67(70)73-64-65(63-72-66(69)60-57-54-12-9-6-3)74-68(71)62-59-56-53-51-49-47-44-24-22-20-18-16-14-11-8-5-2/h7,10,15,17,21,23,26-27,29-30,32-33,35-36,38-39,65H,4-6,8-9,11-14,16,18-20,22,24-25,28,31,34,37,40-64H2,1-3H3/b10-7-,17-15-,23-21-,27-26-,30-29-,33-32-,36-35-,39-38-. The molecular weight excluding hydrogens is 913 g/mol. The van der Waals surface area contributed by atoms with Gasteiger partial charge in [-0.2, -0.15) is 0 Å². The van der Waals surface area contributed by atoms with Gasteiger partial charge in [-0.1, -0.05) is 291 Å². The van der Waals surface area contributed by atoms with Gasteiger partial charge in [0.25, 0.3) is 0 Å². The lowest BCUT2D eigenvalue weighted by atomic mass is 10.0. The van der Waals surface area contributed by atoms with E-state index < -0.39 is 6.10 Å². The summed E-state index contributed by atoms with van der Waals surface area (Å²) in [6.07, 6.45) is 83.2. The van der Waals surface area contributed by atoms with Crippen molar-refractivity contribution in [3.63, 3.8) is 0 Å². The average molecular weight is 1030 g/mol. The van der Waals surface area contributed by atoms with Gasteiger partial charge in [0.1, 0.15) is 13.2 Å². The fraction of sp³-hybridized carbons (Fsp3) is 0.721. The van der Waals surface area contributed by atoms with Crippen molar-refractivity contribution in [3.05, 3.63) is 97.2 Å². The number of unbranched alkanes of at least 4 members (excludes halogenated alkanes) is 29. The normalized spacial score (nSPS) is 12.7. The summed E-state index contributed by atoms with van der Waals surface area (Å²) in [5.74, 6) is -0.885. The molecular formula is C68H116O6. The third-order valence-corrected chi connectivity index (χ3v) is 13.4. The molecule has 0 spiro atoms. The van der Waals surface area contributed by atoms with Crippen molar-refractivity contribution < 1.29 is 28.6 Å². The summed E-state index contributed by atoms with van der Waals surface area (Å²) in [4.78, 5) is 37.8. The van der Waals surface area contributed by atoms with Crippen LogP contribution in [-0.4, -0.2) is 37.2 Å². The van der Waals surface area contributed by atoms with Gasteiger partial charge in [0.15, 0.2) is 6.10 Å². The lowest BCUT2D eigenvalue weighted by Gasteiger charge is -2.18. The molecule has 6 nitrogen and oxygen atoms in total. The summed E-state index contributed by atoms with van der Waals surface area (Å²) in [7, 11) is 0. The van der Waals surface area contributed by atoms with Crippen molar-refractivity contribution in [1.82, 2.24) is 0 Å². The van der Waals surface area contributed by atoms with Gasteiger partial charge in [0.2, 0.25) is 0 Å². The maximum absolute atomic E-state index is 12.8. The molecule has 1 atom stereocenters. The molecule has 1 unspecified atom stereocenters. The summed E-state index contributed by atoms with van der Waals surface area (Å²) in [5, 5.41) is 0. The van der Waals surface area contributed by atoms with E-state index in [4.69, 9.17) is 14.2 Å². The minimum absolute atomic E-state index is 0.0754. The quantitative estimate of drug-likeness (QED) is 0.0261. The second kappa shape index (κ2) is 61.9. The molecule has 0 heterocycles. The third-order valence-electron chi connectivity index (χ3n) is 13.4. The third kappa shape index (κ3) is 59.2. The topological polar surface area (TPSA) is 78.9 Å². The first-order valence-electron chi connectivity index (χ1n) is 31.2. The van der Waals surface area contributed by atoms with E-state index in [9.17, 15) is 14.4 Å². The minimum Gasteiger partial charge on any atom is -0.462 e. The maximum atomic E-state index is 12.8. The molecule has 0 bridgehead atoms. The number of rotatable bonds is 56. The van der Waals surface area contributed by atoms with E-state index in [-0.39, 0.29) is 31.1 Å². The van der Waals surface area contributed by atoms with E-state index in [1.165, 1.54) is 141 Å². The van der Waals surface area contributed by atoms with Crippen LogP contribution in [0, 0.1) is 0 Å². The van der Waals surface area contributed by atoms with Crippen molar-refractivity contribution in [1.29, 1.82) is 0 Å². The van der Waals surface area contributed by atoms with Gasteiger partial charge in [-0.05, 0) is 83.5 Å². The maximum Gasteiger partial charge on any atom is 0.306 e. The van der Waals surface area contributed by atoms with Gasteiger partial charge in [0.05, 0.1) is 0 Å². The summed E-state index contributed by atoms with van der Waals surface area (Å²) < 4.78 is 16.7. The Morgan fingerprint density at radius 1 is 0.284 bits per heavy atom. The van der Waals surface area contributed by atoms with Crippen molar-refractivity contribution in [2.75, 3.05) is 13.2 Å². The zero-order valence-electron chi connectivity index (χ0n) is 48.6. The van der Waals surface area contributed by atoms with Crippen LogP contribution in [0.4, 0.5) is 0 Å². The zero-order valence-corrected chi connectivity index (χ0v) is 48.6. The molecule has 0 rings (SSSR count). The highest BCUT2D eigenvalue weighted by molar-refractivity contribution is 5.71. The van der Waals surface area contributed by atoms with Crippen LogP contribution >= 0.6 is 0 Å². The van der Waals surface area contributed by atoms with Crippen LogP contribution in [0.25, 0.3) is 0 Å². The van der Waals surface area contributed by atoms with Crippen LogP contribution in [0.3, 0.4) is 0 Å². The largest absolute Gasteiger partial charge is 0.462 e. The Labute approximate surface area is 457 Å². The van der Waals surface area contributed by atoms with E-state index in [0.717, 1.165) is 116 Å². The highest BCUT2D eigenvalue weighted by Crippen LogP contribution is 2.16. The summed E-state index contributed by atoms with van der Waals surface area (Å²) in [6, 6.07) is 0. The average Bonchev–Trinajstić information content (AvgIpc) is 3.40. The van der Waals surface area contributed by atoms with Crippen LogP contribution in [0.5, 0.6) is 0 Å².